The third kappa shape index (κ3) is 3.67. The van der Waals surface area contributed by atoms with Crippen LogP contribution in [0.4, 0.5) is 8.78 Å². The van der Waals surface area contributed by atoms with E-state index >= 15 is 0 Å². The first-order chi connectivity index (χ1) is 10.5. The van der Waals surface area contributed by atoms with Crippen molar-refractivity contribution >= 4 is 5.97 Å². The van der Waals surface area contributed by atoms with Crippen molar-refractivity contribution in [3.63, 3.8) is 0 Å². The van der Waals surface area contributed by atoms with E-state index in [9.17, 15) is 13.6 Å². The highest BCUT2D eigenvalue weighted by molar-refractivity contribution is 5.88. The molecule has 0 aliphatic rings. The number of esters is 1. The molecule has 22 heavy (non-hydrogen) atoms. The van der Waals surface area contributed by atoms with Crippen molar-refractivity contribution in [2.45, 2.75) is 26.5 Å². The smallest absolute Gasteiger partial charge is 0.341 e. The molecular weight excluding hydrogens is 294 g/mol. The quantitative estimate of drug-likeness (QED) is 0.833. The zero-order valence-electron chi connectivity index (χ0n) is 12.0. The summed E-state index contributed by atoms with van der Waals surface area (Å²) in [5.74, 6) is -0.474. The van der Waals surface area contributed by atoms with Crippen LogP contribution in [-0.2, 0) is 17.9 Å². The lowest BCUT2D eigenvalue weighted by Crippen LogP contribution is -2.04. The van der Waals surface area contributed by atoms with Crippen LogP contribution < -0.4 is 0 Å². The summed E-state index contributed by atoms with van der Waals surface area (Å²) in [7, 11) is 0. The topological polar surface area (TPSA) is 64.3 Å². The van der Waals surface area contributed by atoms with E-state index in [-0.39, 0.29) is 24.3 Å². The molecule has 118 valence electrons. The Morgan fingerprint density at radius 1 is 1.45 bits per heavy atom. The summed E-state index contributed by atoms with van der Waals surface area (Å²) in [6, 6.07) is 4.44. The van der Waals surface area contributed by atoms with Crippen LogP contribution in [0.5, 0.6) is 0 Å². The number of alkyl halides is 2. The normalized spacial score (nSPS) is 11.0. The number of benzene rings is 1. The van der Waals surface area contributed by atoms with Crippen LogP contribution in [0.3, 0.4) is 0 Å². The van der Waals surface area contributed by atoms with Crippen LogP contribution in [0.15, 0.2) is 30.6 Å². The van der Waals surface area contributed by atoms with Gasteiger partial charge in [-0.05, 0) is 24.1 Å². The summed E-state index contributed by atoms with van der Waals surface area (Å²) >= 11 is 0. The van der Waals surface area contributed by atoms with Crippen molar-refractivity contribution in [3.05, 3.63) is 52.8 Å². The molecule has 2 rings (SSSR count). The second-order valence-corrected chi connectivity index (χ2v) is 4.64. The minimum Gasteiger partial charge on any atom is -0.462 e. The first kappa shape index (κ1) is 16.1. The van der Waals surface area contributed by atoms with E-state index in [2.05, 4.69) is 5.10 Å². The summed E-state index contributed by atoms with van der Waals surface area (Å²) < 4.78 is 32.2. The third-order valence-corrected chi connectivity index (χ3v) is 3.10. The Labute approximate surface area is 126 Å². The van der Waals surface area contributed by atoms with Crippen LogP contribution in [0.1, 0.15) is 40.4 Å². The molecule has 2 aromatic rings. The molecule has 0 bridgehead atoms. The van der Waals surface area contributed by atoms with Gasteiger partial charge in [0.05, 0.1) is 31.5 Å². The van der Waals surface area contributed by atoms with Gasteiger partial charge < -0.3 is 9.84 Å². The largest absolute Gasteiger partial charge is 0.462 e. The molecule has 0 amide bonds. The minimum absolute atomic E-state index is 0.197. The van der Waals surface area contributed by atoms with Crippen LogP contribution in [0, 0.1) is 0 Å². The first-order valence-electron chi connectivity index (χ1n) is 6.75. The molecule has 0 saturated carbocycles. The molecule has 0 spiro atoms. The fourth-order valence-electron chi connectivity index (χ4n) is 2.05. The molecule has 1 aromatic heterocycles. The Bertz CT molecular complexity index is 656. The van der Waals surface area contributed by atoms with Gasteiger partial charge in [-0.3, -0.25) is 4.68 Å². The zero-order valence-corrected chi connectivity index (χ0v) is 12.0. The van der Waals surface area contributed by atoms with Gasteiger partial charge in [0.1, 0.15) is 0 Å². The molecule has 5 nitrogen and oxygen atoms in total. The molecule has 0 fully saturated rings. The van der Waals surface area contributed by atoms with E-state index in [1.165, 1.54) is 29.2 Å². The molecule has 0 unspecified atom stereocenters. The van der Waals surface area contributed by atoms with Crippen molar-refractivity contribution in [3.8, 4) is 0 Å². The summed E-state index contributed by atoms with van der Waals surface area (Å²) in [5.41, 5.74) is 0.915. The van der Waals surface area contributed by atoms with Gasteiger partial charge in [0.15, 0.2) is 0 Å². The number of ether oxygens (including phenoxy) is 1. The number of hydrogen-bond donors (Lipinski definition) is 1. The highest BCUT2D eigenvalue weighted by Crippen LogP contribution is 2.24. The number of carbonyl (C=O) groups excluding carboxylic acids is 1. The molecule has 0 aliphatic carbocycles. The number of halogens is 2. The summed E-state index contributed by atoms with van der Waals surface area (Å²) in [6.07, 6.45) is 0.212. The van der Waals surface area contributed by atoms with E-state index in [1.54, 1.807) is 13.0 Å². The molecular formula is C15H16F2N2O3. The maximum atomic E-state index is 12.9. The van der Waals surface area contributed by atoms with Gasteiger partial charge in [-0.1, -0.05) is 12.1 Å². The number of nitrogens with zero attached hydrogens (tertiary/aromatic N) is 2. The molecule has 7 heteroatoms. The van der Waals surface area contributed by atoms with E-state index < -0.39 is 19.0 Å². The molecule has 0 saturated heterocycles. The Morgan fingerprint density at radius 3 is 2.86 bits per heavy atom. The summed E-state index contributed by atoms with van der Waals surface area (Å²) in [5, 5.41) is 13.1. The second-order valence-electron chi connectivity index (χ2n) is 4.64. The lowest BCUT2D eigenvalue weighted by Gasteiger charge is -2.09. The molecule has 1 aromatic carbocycles. The van der Waals surface area contributed by atoms with Crippen molar-refractivity contribution in [1.29, 1.82) is 0 Å². The van der Waals surface area contributed by atoms with E-state index in [4.69, 9.17) is 9.84 Å². The Hall–Kier alpha value is -2.28. The number of aliphatic hydroxyl groups excluding tert-OH is 1. The van der Waals surface area contributed by atoms with E-state index in [0.717, 1.165) is 0 Å². The zero-order chi connectivity index (χ0) is 16.1. The first-order valence-corrected chi connectivity index (χ1v) is 6.75. The predicted octanol–water partition coefficient (Wildman–Crippen LogP) is 2.54. The molecule has 0 radical (unpaired) electrons. The van der Waals surface area contributed by atoms with Crippen molar-refractivity contribution in [2.75, 3.05) is 6.61 Å². The Kier molecular flexibility index (Phi) is 5.21. The fraction of sp³-hybridized carbons (Fsp3) is 0.333. The van der Waals surface area contributed by atoms with E-state index in [1.807, 2.05) is 0 Å². The second kappa shape index (κ2) is 7.13. The molecule has 1 heterocycles. The average molecular weight is 310 g/mol. The van der Waals surface area contributed by atoms with Crippen LogP contribution in [0.2, 0.25) is 0 Å². The van der Waals surface area contributed by atoms with Gasteiger partial charge in [0, 0.05) is 11.8 Å². The van der Waals surface area contributed by atoms with Crippen LogP contribution >= 0.6 is 0 Å². The maximum absolute atomic E-state index is 12.9. The van der Waals surface area contributed by atoms with Gasteiger partial charge in [-0.25, -0.2) is 13.6 Å². The van der Waals surface area contributed by atoms with Crippen molar-refractivity contribution in [2.24, 2.45) is 0 Å². The van der Waals surface area contributed by atoms with E-state index in [0.29, 0.717) is 11.1 Å². The highest BCUT2D eigenvalue weighted by atomic mass is 19.3. The van der Waals surface area contributed by atoms with Gasteiger partial charge >= 0.3 is 5.97 Å². The van der Waals surface area contributed by atoms with Gasteiger partial charge in [-0.15, -0.1) is 0 Å². The summed E-state index contributed by atoms with van der Waals surface area (Å²) in [6.45, 7) is 1.78. The minimum atomic E-state index is -2.66. The fourth-order valence-corrected chi connectivity index (χ4v) is 2.05. The number of rotatable bonds is 6. The van der Waals surface area contributed by atoms with Gasteiger partial charge in [0.2, 0.25) is 0 Å². The van der Waals surface area contributed by atoms with Gasteiger partial charge in [0.25, 0.3) is 6.43 Å². The Morgan fingerprint density at radius 2 is 2.23 bits per heavy atom. The lowest BCUT2D eigenvalue weighted by atomic mass is 10.0. The average Bonchev–Trinajstić information content (AvgIpc) is 2.96. The highest BCUT2D eigenvalue weighted by Gasteiger charge is 2.14. The molecule has 1 N–H and O–H groups in total. The number of carbonyl (C=O) groups is 1. The summed E-state index contributed by atoms with van der Waals surface area (Å²) in [4.78, 5) is 11.5. The Balaban J connectivity index is 2.17. The standard InChI is InChI=1S/C15H16F2N2O3/c1-2-22-15(21)12-6-18-19(8-12)7-10-3-4-11(9-20)13(5-10)14(16)17/h3-6,8,14,20H,2,7,9H2,1H3. The van der Waals surface area contributed by atoms with Crippen LogP contribution in [0.25, 0.3) is 0 Å². The maximum Gasteiger partial charge on any atom is 0.341 e. The third-order valence-electron chi connectivity index (χ3n) is 3.10. The SMILES string of the molecule is CCOC(=O)c1cnn(Cc2ccc(CO)c(C(F)F)c2)c1. The van der Waals surface area contributed by atoms with Crippen molar-refractivity contribution < 1.29 is 23.4 Å². The molecule has 0 atom stereocenters. The van der Waals surface area contributed by atoms with Gasteiger partial charge in [-0.2, -0.15) is 5.10 Å². The lowest BCUT2D eigenvalue weighted by molar-refractivity contribution is 0.0526. The van der Waals surface area contributed by atoms with Crippen LogP contribution in [-0.4, -0.2) is 27.5 Å². The number of aromatic nitrogens is 2. The predicted molar refractivity (Wildman–Crippen MR) is 74.6 cm³/mol. The number of aliphatic hydroxyl groups is 1. The monoisotopic (exact) mass is 310 g/mol. The molecule has 0 aliphatic heterocycles. The van der Waals surface area contributed by atoms with Crippen molar-refractivity contribution in [1.82, 2.24) is 9.78 Å². The number of hydrogen-bond acceptors (Lipinski definition) is 4.